The van der Waals surface area contributed by atoms with Crippen molar-refractivity contribution in [2.75, 3.05) is 0 Å². The summed E-state index contributed by atoms with van der Waals surface area (Å²) in [5.41, 5.74) is 0. The Morgan fingerprint density at radius 3 is 2.85 bits per heavy atom. The van der Waals surface area contributed by atoms with Crippen LogP contribution in [-0.2, 0) is 0 Å². The van der Waals surface area contributed by atoms with E-state index in [1.165, 1.54) is 6.07 Å². The standard InChI is InChI=1S/C7H2BrClFNOS/c8-3-1-4(9)5(10)7(6(3)12)13-2-11/h1,12H. The smallest absolute Gasteiger partial charge is 0.160 e. The van der Waals surface area contributed by atoms with Crippen molar-refractivity contribution in [3.8, 4) is 11.2 Å². The maximum absolute atomic E-state index is 13.1. The molecule has 0 fully saturated rings. The minimum Gasteiger partial charge on any atom is -0.505 e. The number of hydrogen-bond donors (Lipinski definition) is 1. The summed E-state index contributed by atoms with van der Waals surface area (Å²) in [6, 6.07) is 1.23. The Kier molecular flexibility index (Phi) is 3.42. The number of benzene rings is 1. The van der Waals surface area contributed by atoms with Gasteiger partial charge in [-0.05, 0) is 33.8 Å². The molecule has 68 valence electrons. The van der Waals surface area contributed by atoms with E-state index in [9.17, 15) is 9.50 Å². The van der Waals surface area contributed by atoms with Crippen molar-refractivity contribution >= 4 is 39.3 Å². The van der Waals surface area contributed by atoms with Crippen molar-refractivity contribution < 1.29 is 9.50 Å². The van der Waals surface area contributed by atoms with Crippen LogP contribution in [0.15, 0.2) is 15.4 Å². The second-order valence-electron chi connectivity index (χ2n) is 2.03. The highest BCUT2D eigenvalue weighted by Gasteiger charge is 2.16. The topological polar surface area (TPSA) is 44.0 Å². The number of phenolic OH excluding ortho intramolecular Hbond substituents is 1. The van der Waals surface area contributed by atoms with Crippen LogP contribution in [-0.4, -0.2) is 5.11 Å². The lowest BCUT2D eigenvalue weighted by Gasteiger charge is -2.04. The Hall–Kier alpha value is -0.440. The Labute approximate surface area is 91.4 Å². The van der Waals surface area contributed by atoms with Gasteiger partial charge in [-0.15, -0.1) is 0 Å². The molecule has 0 aliphatic carbocycles. The molecule has 1 N–H and O–H groups in total. The maximum Gasteiger partial charge on any atom is 0.160 e. The van der Waals surface area contributed by atoms with E-state index >= 15 is 0 Å². The van der Waals surface area contributed by atoms with E-state index in [4.69, 9.17) is 16.9 Å². The van der Waals surface area contributed by atoms with Crippen molar-refractivity contribution in [2.24, 2.45) is 0 Å². The zero-order valence-corrected chi connectivity index (χ0v) is 9.17. The van der Waals surface area contributed by atoms with E-state index < -0.39 is 5.82 Å². The summed E-state index contributed by atoms with van der Waals surface area (Å²) in [5.74, 6) is -1.10. The van der Waals surface area contributed by atoms with E-state index in [2.05, 4.69) is 15.9 Å². The summed E-state index contributed by atoms with van der Waals surface area (Å²) >= 11 is 8.99. The molecule has 13 heavy (non-hydrogen) atoms. The van der Waals surface area contributed by atoms with Crippen LogP contribution in [0, 0.1) is 16.5 Å². The molecule has 2 nitrogen and oxygen atoms in total. The SMILES string of the molecule is N#CSc1c(O)c(Br)cc(Cl)c1F. The number of nitrogens with zero attached hydrogens (tertiary/aromatic N) is 1. The molecule has 0 amide bonds. The van der Waals surface area contributed by atoms with Crippen LogP contribution in [0.1, 0.15) is 0 Å². The number of phenols is 1. The summed E-state index contributed by atoms with van der Waals surface area (Å²) in [6.07, 6.45) is 0. The minimum atomic E-state index is -0.783. The maximum atomic E-state index is 13.1. The predicted octanol–water partition coefficient (Wildman–Crippen LogP) is 3.52. The molecule has 0 heterocycles. The molecule has 0 unspecified atom stereocenters. The van der Waals surface area contributed by atoms with Crippen LogP contribution >= 0.6 is 39.3 Å². The van der Waals surface area contributed by atoms with Crippen molar-refractivity contribution in [1.29, 1.82) is 5.26 Å². The lowest BCUT2D eigenvalue weighted by atomic mass is 10.3. The molecule has 0 atom stereocenters. The fraction of sp³-hybridized carbons (Fsp3) is 0. The molecule has 0 saturated heterocycles. The number of hydrogen-bond acceptors (Lipinski definition) is 3. The molecule has 6 heteroatoms. The van der Waals surface area contributed by atoms with E-state index in [1.807, 2.05) is 0 Å². The van der Waals surface area contributed by atoms with Gasteiger partial charge in [-0.3, -0.25) is 0 Å². The predicted molar refractivity (Wildman–Crippen MR) is 52.2 cm³/mol. The number of aromatic hydroxyl groups is 1. The molecule has 1 rings (SSSR count). The number of thiocyanates is 1. The molecule has 0 aliphatic rings. The van der Waals surface area contributed by atoms with Gasteiger partial charge in [-0.1, -0.05) is 11.6 Å². The monoisotopic (exact) mass is 281 g/mol. The fourth-order valence-electron chi connectivity index (χ4n) is 0.703. The van der Waals surface area contributed by atoms with Gasteiger partial charge in [0.1, 0.15) is 16.0 Å². The Morgan fingerprint density at radius 2 is 2.31 bits per heavy atom. The third-order valence-electron chi connectivity index (χ3n) is 1.25. The lowest BCUT2D eigenvalue weighted by molar-refractivity contribution is 0.446. The summed E-state index contributed by atoms with van der Waals surface area (Å²) < 4.78 is 13.4. The summed E-state index contributed by atoms with van der Waals surface area (Å²) in [4.78, 5) is -0.165. The number of thioether (sulfide) groups is 1. The minimum absolute atomic E-state index is 0.137. The highest BCUT2D eigenvalue weighted by Crippen LogP contribution is 2.39. The van der Waals surface area contributed by atoms with Gasteiger partial charge in [0.25, 0.3) is 0 Å². The Balaban J connectivity index is 3.39. The van der Waals surface area contributed by atoms with Gasteiger partial charge < -0.3 is 5.11 Å². The zero-order chi connectivity index (χ0) is 10.0. The molecule has 0 bridgehead atoms. The first kappa shape index (κ1) is 10.6. The molecular formula is C7H2BrClFNOS. The zero-order valence-electron chi connectivity index (χ0n) is 6.01. The van der Waals surface area contributed by atoms with Gasteiger partial charge >= 0.3 is 0 Å². The van der Waals surface area contributed by atoms with Gasteiger partial charge in [-0.25, -0.2) is 4.39 Å². The second-order valence-corrected chi connectivity index (χ2v) is 4.08. The summed E-state index contributed by atoms with van der Waals surface area (Å²) in [6.45, 7) is 0. The molecule has 1 aromatic rings. The third kappa shape index (κ3) is 2.08. The first-order valence-electron chi connectivity index (χ1n) is 3.00. The van der Waals surface area contributed by atoms with E-state index in [-0.39, 0.29) is 20.1 Å². The van der Waals surface area contributed by atoms with Crippen LogP contribution in [0.5, 0.6) is 5.75 Å². The molecule has 0 spiro atoms. The van der Waals surface area contributed by atoms with E-state index in [0.29, 0.717) is 11.8 Å². The van der Waals surface area contributed by atoms with Gasteiger partial charge in [0, 0.05) is 0 Å². The first-order chi connectivity index (χ1) is 6.07. The van der Waals surface area contributed by atoms with Crippen LogP contribution in [0.2, 0.25) is 5.02 Å². The molecule has 0 aliphatic heterocycles. The highest BCUT2D eigenvalue weighted by molar-refractivity contribution is 9.10. The quantitative estimate of drug-likeness (QED) is 0.487. The van der Waals surface area contributed by atoms with Gasteiger partial charge in [-0.2, -0.15) is 5.26 Å². The van der Waals surface area contributed by atoms with Crippen molar-refractivity contribution in [1.82, 2.24) is 0 Å². The van der Waals surface area contributed by atoms with Crippen molar-refractivity contribution in [3.05, 3.63) is 21.4 Å². The highest BCUT2D eigenvalue weighted by atomic mass is 79.9. The van der Waals surface area contributed by atoms with E-state index in [1.54, 1.807) is 5.40 Å². The third-order valence-corrected chi connectivity index (χ3v) is 2.80. The molecule has 0 radical (unpaired) electrons. The van der Waals surface area contributed by atoms with Gasteiger partial charge in [0.15, 0.2) is 5.82 Å². The van der Waals surface area contributed by atoms with Crippen molar-refractivity contribution in [3.63, 3.8) is 0 Å². The molecule has 0 saturated carbocycles. The largest absolute Gasteiger partial charge is 0.505 e. The average molecular weight is 283 g/mol. The van der Waals surface area contributed by atoms with Crippen molar-refractivity contribution in [2.45, 2.75) is 4.90 Å². The lowest BCUT2D eigenvalue weighted by Crippen LogP contribution is -1.84. The average Bonchev–Trinajstić information content (AvgIpc) is 2.09. The summed E-state index contributed by atoms with van der Waals surface area (Å²) in [5, 5.41) is 19.2. The van der Waals surface area contributed by atoms with Crippen LogP contribution in [0.25, 0.3) is 0 Å². The number of nitriles is 1. The Morgan fingerprint density at radius 1 is 1.69 bits per heavy atom. The van der Waals surface area contributed by atoms with Crippen LogP contribution in [0.4, 0.5) is 4.39 Å². The molecule has 0 aromatic heterocycles. The molecule has 1 aromatic carbocycles. The number of halogens is 3. The Bertz CT molecular complexity index is 367. The van der Waals surface area contributed by atoms with E-state index in [0.717, 1.165) is 0 Å². The van der Waals surface area contributed by atoms with Gasteiger partial charge in [0.2, 0.25) is 0 Å². The van der Waals surface area contributed by atoms with Crippen LogP contribution in [0.3, 0.4) is 0 Å². The van der Waals surface area contributed by atoms with Crippen LogP contribution < -0.4 is 0 Å². The first-order valence-corrected chi connectivity index (χ1v) is 4.99. The fourth-order valence-corrected chi connectivity index (χ4v) is 2.15. The van der Waals surface area contributed by atoms with Gasteiger partial charge in [0.05, 0.1) is 9.50 Å². The molecular weight excluding hydrogens is 281 g/mol. The second kappa shape index (κ2) is 4.18. The summed E-state index contributed by atoms with van der Waals surface area (Å²) in [7, 11) is 0. The number of rotatable bonds is 1. The normalized spacial score (nSPS) is 9.69.